The highest BCUT2D eigenvalue weighted by molar-refractivity contribution is 5.95. The molecule has 28 heavy (non-hydrogen) atoms. The van der Waals surface area contributed by atoms with Gasteiger partial charge in [0.05, 0.1) is 6.54 Å². The molecule has 1 N–H and O–H groups in total. The van der Waals surface area contributed by atoms with Gasteiger partial charge in [-0.05, 0) is 45.1 Å². The van der Waals surface area contributed by atoms with Crippen LogP contribution in [0, 0.1) is 0 Å². The Balaban J connectivity index is 1.39. The minimum absolute atomic E-state index is 0.00533. The second-order valence-electron chi connectivity index (χ2n) is 7.44. The Morgan fingerprint density at radius 3 is 2.93 bits per heavy atom. The first-order chi connectivity index (χ1) is 13.5. The fourth-order valence-electron chi connectivity index (χ4n) is 3.52. The molecule has 0 aliphatic carbocycles. The second-order valence-corrected chi connectivity index (χ2v) is 7.44. The maximum absolute atomic E-state index is 12.6. The van der Waals surface area contributed by atoms with Crippen molar-refractivity contribution in [1.29, 1.82) is 0 Å². The number of aryl methyl sites for hydroxylation is 1. The standard InChI is InChI=1S/C19H25N5O4/c1-22(2)9-10-24-19(26)23-8-7-14(4-6-17(23)21-24)20-18(25)13-3-5-15-16(11-13)28-12-27-15/h3,5,11,14H,4,6-10,12H2,1-2H3,(H,20,25). The van der Waals surface area contributed by atoms with Crippen LogP contribution in [-0.4, -0.2) is 58.6 Å². The number of nitrogens with zero attached hydrogens (tertiary/aromatic N) is 4. The van der Waals surface area contributed by atoms with Crippen LogP contribution in [-0.2, 0) is 19.5 Å². The Morgan fingerprint density at radius 2 is 2.11 bits per heavy atom. The van der Waals surface area contributed by atoms with Gasteiger partial charge >= 0.3 is 5.69 Å². The molecule has 1 amide bonds. The fraction of sp³-hybridized carbons (Fsp3) is 0.526. The quantitative estimate of drug-likeness (QED) is 0.802. The van der Waals surface area contributed by atoms with Crippen molar-refractivity contribution in [2.24, 2.45) is 0 Å². The summed E-state index contributed by atoms with van der Waals surface area (Å²) in [4.78, 5) is 27.2. The van der Waals surface area contributed by atoms with Crippen LogP contribution in [0.15, 0.2) is 23.0 Å². The van der Waals surface area contributed by atoms with Crippen LogP contribution >= 0.6 is 0 Å². The van der Waals surface area contributed by atoms with Crippen LogP contribution in [0.5, 0.6) is 11.5 Å². The first-order valence-corrected chi connectivity index (χ1v) is 9.53. The van der Waals surface area contributed by atoms with Crippen LogP contribution in [0.2, 0.25) is 0 Å². The molecule has 1 aromatic heterocycles. The number of hydrogen-bond acceptors (Lipinski definition) is 6. The van der Waals surface area contributed by atoms with Gasteiger partial charge in [-0.25, -0.2) is 9.48 Å². The van der Waals surface area contributed by atoms with Crippen LogP contribution in [0.1, 0.15) is 29.0 Å². The Labute approximate surface area is 162 Å². The molecular weight excluding hydrogens is 362 g/mol. The largest absolute Gasteiger partial charge is 0.454 e. The summed E-state index contributed by atoms with van der Waals surface area (Å²) < 4.78 is 13.9. The molecule has 9 nitrogen and oxygen atoms in total. The summed E-state index contributed by atoms with van der Waals surface area (Å²) >= 11 is 0. The van der Waals surface area contributed by atoms with Gasteiger partial charge in [-0.3, -0.25) is 9.36 Å². The number of ether oxygens (including phenoxy) is 2. The van der Waals surface area contributed by atoms with E-state index in [4.69, 9.17) is 9.47 Å². The van der Waals surface area contributed by atoms with E-state index in [1.54, 1.807) is 27.4 Å². The van der Waals surface area contributed by atoms with Gasteiger partial charge in [0.1, 0.15) is 5.82 Å². The minimum atomic E-state index is -0.147. The summed E-state index contributed by atoms with van der Waals surface area (Å²) in [5.41, 5.74) is 0.469. The van der Waals surface area contributed by atoms with Gasteiger partial charge in [0, 0.05) is 31.1 Å². The summed E-state index contributed by atoms with van der Waals surface area (Å²) in [6.45, 7) is 2.09. The molecule has 0 saturated heterocycles. The third-order valence-corrected chi connectivity index (χ3v) is 5.15. The molecule has 2 aliphatic heterocycles. The lowest BCUT2D eigenvalue weighted by molar-refractivity contribution is 0.0932. The lowest BCUT2D eigenvalue weighted by Gasteiger charge is -2.16. The lowest BCUT2D eigenvalue weighted by Crippen LogP contribution is -2.36. The number of rotatable bonds is 5. The predicted molar refractivity (Wildman–Crippen MR) is 102 cm³/mol. The van der Waals surface area contributed by atoms with E-state index >= 15 is 0 Å². The molecule has 0 radical (unpaired) electrons. The number of nitrogens with one attached hydrogen (secondary N) is 1. The average molecular weight is 387 g/mol. The van der Waals surface area contributed by atoms with E-state index < -0.39 is 0 Å². The molecule has 2 aromatic rings. The molecule has 150 valence electrons. The van der Waals surface area contributed by atoms with Crippen molar-refractivity contribution in [2.45, 2.75) is 38.4 Å². The van der Waals surface area contributed by atoms with Crippen LogP contribution in [0.25, 0.3) is 0 Å². The molecular formula is C19H25N5O4. The Hall–Kier alpha value is -2.81. The lowest BCUT2D eigenvalue weighted by atomic mass is 10.1. The first-order valence-electron chi connectivity index (χ1n) is 9.53. The van der Waals surface area contributed by atoms with Crippen LogP contribution in [0.4, 0.5) is 0 Å². The zero-order valence-electron chi connectivity index (χ0n) is 16.2. The van der Waals surface area contributed by atoms with E-state index in [0.717, 1.165) is 18.8 Å². The van der Waals surface area contributed by atoms with Gasteiger partial charge in [0.2, 0.25) is 6.79 Å². The van der Waals surface area contributed by atoms with E-state index in [-0.39, 0.29) is 24.4 Å². The van der Waals surface area contributed by atoms with E-state index in [9.17, 15) is 9.59 Å². The summed E-state index contributed by atoms with van der Waals surface area (Å²) in [6, 6.07) is 5.17. The molecule has 3 heterocycles. The molecule has 1 atom stereocenters. The van der Waals surface area contributed by atoms with Crippen LogP contribution < -0.4 is 20.5 Å². The van der Waals surface area contributed by atoms with Crippen molar-refractivity contribution in [3.8, 4) is 11.5 Å². The van der Waals surface area contributed by atoms with Crippen molar-refractivity contribution in [1.82, 2.24) is 24.6 Å². The van der Waals surface area contributed by atoms with Crippen LogP contribution in [0.3, 0.4) is 0 Å². The summed E-state index contributed by atoms with van der Waals surface area (Å²) in [7, 11) is 3.94. The Kier molecular flexibility index (Phi) is 5.08. The second kappa shape index (κ2) is 7.67. The number of carbonyl (C=O) groups excluding carboxylic acids is 1. The molecule has 0 fully saturated rings. The van der Waals surface area contributed by atoms with Crippen molar-refractivity contribution >= 4 is 5.91 Å². The molecule has 0 bridgehead atoms. The maximum Gasteiger partial charge on any atom is 0.345 e. The summed E-state index contributed by atoms with van der Waals surface area (Å²) in [5.74, 6) is 1.89. The normalized spacial score (nSPS) is 18.0. The minimum Gasteiger partial charge on any atom is -0.454 e. The average Bonchev–Trinajstić information content (AvgIpc) is 3.20. The fourth-order valence-corrected chi connectivity index (χ4v) is 3.52. The predicted octanol–water partition coefficient (Wildman–Crippen LogP) is 0.470. The number of fused-ring (bicyclic) bond motifs is 2. The summed E-state index contributed by atoms with van der Waals surface area (Å²) in [6.07, 6.45) is 2.11. The van der Waals surface area contributed by atoms with E-state index in [0.29, 0.717) is 43.0 Å². The highest BCUT2D eigenvalue weighted by Gasteiger charge is 2.23. The van der Waals surface area contributed by atoms with Gasteiger partial charge in [-0.1, -0.05) is 0 Å². The topological polar surface area (TPSA) is 90.6 Å². The van der Waals surface area contributed by atoms with E-state index in [2.05, 4.69) is 10.4 Å². The number of aromatic nitrogens is 3. The third-order valence-electron chi connectivity index (χ3n) is 5.15. The van der Waals surface area contributed by atoms with Gasteiger partial charge in [0.25, 0.3) is 5.91 Å². The highest BCUT2D eigenvalue weighted by atomic mass is 16.7. The third kappa shape index (κ3) is 3.75. The van der Waals surface area contributed by atoms with Crippen molar-refractivity contribution < 1.29 is 14.3 Å². The number of benzene rings is 1. The Morgan fingerprint density at radius 1 is 1.29 bits per heavy atom. The van der Waals surface area contributed by atoms with Crippen molar-refractivity contribution in [3.63, 3.8) is 0 Å². The SMILES string of the molecule is CN(C)CCn1nc2n(c1=O)CCC(NC(=O)c1ccc3c(c1)OCO3)CC2. The Bertz CT molecular complexity index is 933. The van der Waals surface area contributed by atoms with Crippen molar-refractivity contribution in [2.75, 3.05) is 27.4 Å². The zero-order chi connectivity index (χ0) is 19.7. The van der Waals surface area contributed by atoms with E-state index in [1.807, 2.05) is 19.0 Å². The van der Waals surface area contributed by atoms with Gasteiger partial charge in [-0.2, -0.15) is 5.10 Å². The number of carbonyl (C=O) groups is 1. The highest BCUT2D eigenvalue weighted by Crippen LogP contribution is 2.32. The molecule has 0 spiro atoms. The smallest absolute Gasteiger partial charge is 0.345 e. The summed E-state index contributed by atoms with van der Waals surface area (Å²) in [5, 5.41) is 7.56. The monoisotopic (exact) mass is 387 g/mol. The zero-order valence-corrected chi connectivity index (χ0v) is 16.2. The number of hydrogen-bond donors (Lipinski definition) is 1. The molecule has 1 unspecified atom stereocenters. The molecule has 9 heteroatoms. The maximum atomic E-state index is 12.6. The van der Waals surface area contributed by atoms with Crippen molar-refractivity contribution in [3.05, 3.63) is 40.1 Å². The number of likely N-dealkylation sites (N-methyl/N-ethyl adjacent to an activating group) is 1. The van der Waals surface area contributed by atoms with E-state index in [1.165, 1.54) is 0 Å². The molecule has 4 rings (SSSR count). The van der Waals surface area contributed by atoms with Gasteiger partial charge < -0.3 is 19.7 Å². The van der Waals surface area contributed by atoms with Gasteiger partial charge in [0.15, 0.2) is 11.5 Å². The van der Waals surface area contributed by atoms with Gasteiger partial charge in [-0.15, -0.1) is 0 Å². The molecule has 1 aromatic carbocycles. The molecule has 0 saturated carbocycles. The number of amides is 1. The molecule has 2 aliphatic rings. The first kappa shape index (κ1) is 18.5.